The van der Waals surface area contributed by atoms with Gasteiger partial charge in [-0.05, 0) is 17.7 Å². The highest BCUT2D eigenvalue weighted by Crippen LogP contribution is 2.30. The maximum Gasteiger partial charge on any atom is 0.416 e. The normalized spacial score (nSPS) is 13.9. The number of hydrogen-bond acceptors (Lipinski definition) is 2. The van der Waals surface area contributed by atoms with Crippen LogP contribution in [-0.2, 0) is 10.9 Å². The van der Waals surface area contributed by atoms with Gasteiger partial charge >= 0.3 is 6.18 Å². The Morgan fingerprint density at radius 3 is 2.53 bits per heavy atom. The van der Waals surface area contributed by atoms with Crippen LogP contribution in [0.3, 0.4) is 0 Å². The van der Waals surface area contributed by atoms with Crippen LogP contribution >= 0.6 is 0 Å². The van der Waals surface area contributed by atoms with Crippen molar-refractivity contribution in [3.05, 3.63) is 35.4 Å². The average Bonchev–Trinajstić information content (AvgIpc) is 2.19. The summed E-state index contributed by atoms with van der Waals surface area (Å²) >= 11 is 0. The lowest BCUT2D eigenvalue weighted by molar-refractivity contribution is -0.137. The Morgan fingerprint density at radius 2 is 2.07 bits per heavy atom. The summed E-state index contributed by atoms with van der Waals surface area (Å²) in [6, 6.07) is 4.99. The van der Waals surface area contributed by atoms with Gasteiger partial charge in [-0.1, -0.05) is 12.1 Å². The van der Waals surface area contributed by atoms with E-state index in [2.05, 4.69) is 0 Å². The topological polar surface area (TPSA) is 35.2 Å². The van der Waals surface area contributed by atoms with Crippen molar-refractivity contribution in [3.8, 4) is 0 Å². The first kappa shape index (κ1) is 12.0. The Bertz CT molecular complexity index is 321. The number of ether oxygens (including phenoxy) is 1. The van der Waals surface area contributed by atoms with Gasteiger partial charge in [0.25, 0.3) is 0 Å². The molecule has 0 aliphatic carbocycles. The largest absolute Gasteiger partial charge is 0.416 e. The Labute approximate surface area is 85.8 Å². The molecule has 0 aliphatic rings. The molecule has 0 aliphatic heterocycles. The van der Waals surface area contributed by atoms with Crippen LogP contribution in [0.15, 0.2) is 24.3 Å². The highest BCUT2D eigenvalue weighted by Gasteiger charge is 2.30. The maximum atomic E-state index is 12.4. The van der Waals surface area contributed by atoms with E-state index in [4.69, 9.17) is 10.5 Å². The molecule has 1 atom stereocenters. The molecule has 15 heavy (non-hydrogen) atoms. The molecule has 1 aromatic rings. The smallest absolute Gasteiger partial charge is 0.375 e. The Kier molecular flexibility index (Phi) is 3.71. The molecule has 0 aromatic heterocycles. The molecule has 0 heterocycles. The second-order valence-corrected chi connectivity index (χ2v) is 3.08. The van der Waals surface area contributed by atoms with Crippen LogP contribution in [0.4, 0.5) is 13.2 Å². The summed E-state index contributed by atoms with van der Waals surface area (Å²) in [6.07, 6.45) is -4.82. The highest BCUT2D eigenvalue weighted by molar-refractivity contribution is 5.27. The molecule has 0 saturated carbocycles. The van der Waals surface area contributed by atoms with Gasteiger partial charge < -0.3 is 10.5 Å². The fraction of sp³-hybridized carbons (Fsp3) is 0.400. The zero-order chi connectivity index (χ0) is 11.5. The van der Waals surface area contributed by atoms with Gasteiger partial charge in [0.2, 0.25) is 0 Å². The Balaban J connectivity index is 3.02. The van der Waals surface area contributed by atoms with Gasteiger partial charge in [0.15, 0.2) is 0 Å². The van der Waals surface area contributed by atoms with E-state index in [1.54, 1.807) is 6.07 Å². The number of rotatable bonds is 3. The van der Waals surface area contributed by atoms with E-state index < -0.39 is 17.8 Å². The summed E-state index contributed by atoms with van der Waals surface area (Å²) in [5.41, 5.74) is 5.12. The van der Waals surface area contributed by atoms with Gasteiger partial charge in [-0.25, -0.2) is 0 Å². The van der Waals surface area contributed by atoms with Crippen molar-refractivity contribution in [2.24, 2.45) is 5.73 Å². The first-order chi connectivity index (χ1) is 6.99. The lowest BCUT2D eigenvalue weighted by atomic mass is 10.1. The standard InChI is InChI=1S/C10H12F3NO/c1-15-9(6-14)7-3-2-4-8(5-7)10(11,12)13/h2-5,9H,6,14H2,1H3/t9-/m0/s1. The lowest BCUT2D eigenvalue weighted by Gasteiger charge is -2.15. The molecule has 1 aromatic carbocycles. The van der Waals surface area contributed by atoms with Crippen molar-refractivity contribution in [3.63, 3.8) is 0 Å². The van der Waals surface area contributed by atoms with Gasteiger partial charge in [-0.2, -0.15) is 13.2 Å². The third kappa shape index (κ3) is 2.94. The van der Waals surface area contributed by atoms with Gasteiger partial charge in [-0.15, -0.1) is 0 Å². The lowest BCUT2D eigenvalue weighted by Crippen LogP contribution is -2.15. The van der Waals surface area contributed by atoms with E-state index in [0.29, 0.717) is 5.56 Å². The number of methoxy groups -OCH3 is 1. The van der Waals surface area contributed by atoms with Gasteiger partial charge in [-0.3, -0.25) is 0 Å². The molecular weight excluding hydrogens is 207 g/mol. The van der Waals surface area contributed by atoms with Crippen LogP contribution < -0.4 is 5.73 Å². The number of nitrogens with two attached hydrogens (primary N) is 1. The van der Waals surface area contributed by atoms with E-state index in [0.717, 1.165) is 12.1 Å². The van der Waals surface area contributed by atoms with Crippen LogP contribution in [-0.4, -0.2) is 13.7 Å². The van der Waals surface area contributed by atoms with Gasteiger partial charge in [0.05, 0.1) is 11.7 Å². The van der Waals surface area contributed by atoms with Gasteiger partial charge in [0.1, 0.15) is 0 Å². The SMILES string of the molecule is CO[C@@H](CN)c1cccc(C(F)(F)F)c1. The van der Waals surface area contributed by atoms with Crippen molar-refractivity contribution in [1.82, 2.24) is 0 Å². The van der Waals surface area contributed by atoms with Crippen LogP contribution in [0.1, 0.15) is 17.2 Å². The summed E-state index contributed by atoms with van der Waals surface area (Å²) in [7, 11) is 1.41. The van der Waals surface area contributed by atoms with E-state index in [1.807, 2.05) is 0 Å². The van der Waals surface area contributed by atoms with Gasteiger partial charge in [0, 0.05) is 13.7 Å². The van der Waals surface area contributed by atoms with Crippen molar-refractivity contribution in [2.45, 2.75) is 12.3 Å². The summed E-state index contributed by atoms with van der Waals surface area (Å²) in [4.78, 5) is 0. The van der Waals surface area contributed by atoms with E-state index in [1.165, 1.54) is 13.2 Å². The molecule has 0 amide bonds. The molecule has 0 spiro atoms. The monoisotopic (exact) mass is 219 g/mol. The quantitative estimate of drug-likeness (QED) is 0.846. The maximum absolute atomic E-state index is 12.4. The van der Waals surface area contributed by atoms with E-state index in [9.17, 15) is 13.2 Å². The first-order valence-electron chi connectivity index (χ1n) is 4.39. The second kappa shape index (κ2) is 4.63. The molecule has 0 fully saturated rings. The number of benzene rings is 1. The van der Waals surface area contributed by atoms with E-state index >= 15 is 0 Å². The number of halogens is 3. The van der Waals surface area contributed by atoms with Crippen LogP contribution in [0.25, 0.3) is 0 Å². The highest BCUT2D eigenvalue weighted by atomic mass is 19.4. The van der Waals surface area contributed by atoms with E-state index in [-0.39, 0.29) is 6.54 Å². The summed E-state index contributed by atoms with van der Waals surface area (Å²) in [6.45, 7) is 0.151. The Hall–Kier alpha value is -1.07. The molecule has 84 valence electrons. The molecule has 0 radical (unpaired) electrons. The van der Waals surface area contributed by atoms with Crippen molar-refractivity contribution in [1.29, 1.82) is 0 Å². The van der Waals surface area contributed by atoms with Crippen molar-refractivity contribution >= 4 is 0 Å². The fourth-order valence-electron chi connectivity index (χ4n) is 1.28. The molecule has 5 heteroatoms. The first-order valence-corrected chi connectivity index (χ1v) is 4.39. The molecule has 1 rings (SSSR count). The summed E-state index contributed by atoms with van der Waals surface area (Å²) in [5, 5.41) is 0. The average molecular weight is 219 g/mol. The molecular formula is C10H12F3NO. The molecule has 2 N–H and O–H groups in total. The predicted molar refractivity (Wildman–Crippen MR) is 50.2 cm³/mol. The fourth-order valence-corrected chi connectivity index (χ4v) is 1.28. The van der Waals surface area contributed by atoms with Crippen LogP contribution in [0.5, 0.6) is 0 Å². The third-order valence-electron chi connectivity index (χ3n) is 2.08. The second-order valence-electron chi connectivity index (χ2n) is 3.08. The summed E-state index contributed by atoms with van der Waals surface area (Å²) in [5.74, 6) is 0. The third-order valence-corrected chi connectivity index (χ3v) is 2.08. The van der Waals surface area contributed by atoms with Crippen molar-refractivity contribution in [2.75, 3.05) is 13.7 Å². The molecule has 2 nitrogen and oxygen atoms in total. The Morgan fingerprint density at radius 1 is 1.40 bits per heavy atom. The minimum Gasteiger partial charge on any atom is -0.375 e. The van der Waals surface area contributed by atoms with Crippen LogP contribution in [0.2, 0.25) is 0 Å². The molecule has 0 saturated heterocycles. The predicted octanol–water partition coefficient (Wildman–Crippen LogP) is 2.35. The number of hydrogen-bond donors (Lipinski definition) is 1. The number of alkyl halides is 3. The molecule has 0 bridgehead atoms. The minimum absolute atomic E-state index is 0.151. The van der Waals surface area contributed by atoms with Crippen LogP contribution in [0, 0.1) is 0 Å². The zero-order valence-electron chi connectivity index (χ0n) is 8.21. The molecule has 0 unspecified atom stereocenters. The minimum atomic E-state index is -4.33. The summed E-state index contributed by atoms with van der Waals surface area (Å²) < 4.78 is 42.1. The zero-order valence-corrected chi connectivity index (χ0v) is 8.21. The van der Waals surface area contributed by atoms with Crippen molar-refractivity contribution < 1.29 is 17.9 Å².